The molecule has 0 saturated heterocycles. The maximum Gasteiger partial charge on any atom is 0.417 e. The molecule has 0 saturated carbocycles. The van der Waals surface area contributed by atoms with Crippen LogP contribution in [0.3, 0.4) is 0 Å². The lowest BCUT2D eigenvalue weighted by molar-refractivity contribution is -0.137. The van der Waals surface area contributed by atoms with E-state index < -0.39 is 11.7 Å². The van der Waals surface area contributed by atoms with E-state index in [1.54, 1.807) is 6.07 Å². The average molecular weight is 595 g/mol. The van der Waals surface area contributed by atoms with E-state index in [2.05, 4.69) is 54.4 Å². The number of nitrogens with one attached hydrogen (secondary N) is 1. The molecule has 0 aromatic heterocycles. The molecule has 42 heavy (non-hydrogen) atoms. The molecule has 0 bridgehead atoms. The molecule has 0 radical (unpaired) electrons. The van der Waals surface area contributed by atoms with E-state index in [4.69, 9.17) is 16.3 Å². The first-order valence-corrected chi connectivity index (χ1v) is 14.7. The van der Waals surface area contributed by atoms with Crippen molar-refractivity contribution in [3.63, 3.8) is 0 Å². The first kappa shape index (κ1) is 31.6. The van der Waals surface area contributed by atoms with Crippen molar-refractivity contribution < 1.29 is 17.9 Å². The van der Waals surface area contributed by atoms with Gasteiger partial charge in [0.25, 0.3) is 0 Å². The number of benzene rings is 4. The van der Waals surface area contributed by atoms with Gasteiger partial charge in [-0.05, 0) is 46.9 Å². The van der Waals surface area contributed by atoms with Gasteiger partial charge in [0.15, 0.2) is 0 Å². The van der Waals surface area contributed by atoms with E-state index in [9.17, 15) is 13.2 Å². The summed E-state index contributed by atoms with van der Waals surface area (Å²) in [6.45, 7) is 6.98. The molecular formula is C35H38ClF3N2O. The van der Waals surface area contributed by atoms with Crippen LogP contribution in [0.15, 0.2) is 103 Å². The summed E-state index contributed by atoms with van der Waals surface area (Å²) in [6.07, 6.45) is -3.82. The van der Waals surface area contributed by atoms with Crippen LogP contribution in [0, 0.1) is 0 Å². The lowest BCUT2D eigenvalue weighted by atomic mass is 9.90. The molecule has 222 valence electrons. The van der Waals surface area contributed by atoms with Crippen molar-refractivity contribution in [2.75, 3.05) is 19.7 Å². The average Bonchev–Trinajstić information content (AvgIpc) is 2.98. The predicted octanol–water partition coefficient (Wildman–Crippen LogP) is 8.96. The number of halogens is 4. The van der Waals surface area contributed by atoms with Gasteiger partial charge in [0.05, 0.1) is 17.2 Å². The van der Waals surface area contributed by atoms with Crippen molar-refractivity contribution >= 4 is 11.6 Å². The summed E-state index contributed by atoms with van der Waals surface area (Å²) >= 11 is 6.33. The first-order valence-electron chi connectivity index (χ1n) is 14.3. The summed E-state index contributed by atoms with van der Waals surface area (Å²) in [5.74, 6) is 0.833. The Morgan fingerprint density at radius 1 is 0.833 bits per heavy atom. The molecule has 0 spiro atoms. The minimum absolute atomic E-state index is 0.0306. The number of hydrogen-bond donors (Lipinski definition) is 1. The number of hydrogen-bond acceptors (Lipinski definition) is 3. The molecule has 0 amide bonds. The quantitative estimate of drug-likeness (QED) is 0.147. The van der Waals surface area contributed by atoms with Crippen LogP contribution in [0.2, 0.25) is 5.02 Å². The van der Waals surface area contributed by atoms with Gasteiger partial charge >= 0.3 is 6.18 Å². The molecule has 0 heterocycles. The molecule has 4 aromatic rings. The fourth-order valence-corrected chi connectivity index (χ4v) is 5.27. The van der Waals surface area contributed by atoms with Gasteiger partial charge < -0.3 is 10.1 Å². The highest BCUT2D eigenvalue weighted by atomic mass is 35.5. The summed E-state index contributed by atoms with van der Waals surface area (Å²) in [5, 5.41) is 3.17. The van der Waals surface area contributed by atoms with E-state index >= 15 is 0 Å². The van der Waals surface area contributed by atoms with Crippen LogP contribution in [-0.2, 0) is 19.3 Å². The summed E-state index contributed by atoms with van der Waals surface area (Å²) < 4.78 is 47.0. The highest BCUT2D eigenvalue weighted by Gasteiger charge is 2.34. The van der Waals surface area contributed by atoms with Crippen LogP contribution >= 0.6 is 11.6 Å². The summed E-state index contributed by atoms with van der Waals surface area (Å²) in [6, 6.07) is 33.0. The van der Waals surface area contributed by atoms with Gasteiger partial charge in [-0.25, -0.2) is 0 Å². The minimum atomic E-state index is -4.51. The van der Waals surface area contributed by atoms with Gasteiger partial charge in [0.1, 0.15) is 5.75 Å². The van der Waals surface area contributed by atoms with Crippen molar-refractivity contribution in [2.24, 2.45) is 0 Å². The smallest absolute Gasteiger partial charge is 0.417 e. The number of rotatable bonds is 14. The zero-order chi connectivity index (χ0) is 30.0. The molecule has 0 fully saturated rings. The maximum atomic E-state index is 13.6. The molecule has 0 atom stereocenters. The second kappa shape index (κ2) is 15.2. The fourth-order valence-electron chi connectivity index (χ4n) is 4.97. The Labute approximate surface area is 252 Å². The van der Waals surface area contributed by atoms with Crippen molar-refractivity contribution in [1.82, 2.24) is 10.2 Å². The van der Waals surface area contributed by atoms with Crippen LogP contribution in [0.25, 0.3) is 0 Å². The maximum absolute atomic E-state index is 13.6. The molecule has 0 aliphatic carbocycles. The predicted molar refractivity (Wildman–Crippen MR) is 165 cm³/mol. The summed E-state index contributed by atoms with van der Waals surface area (Å²) in [4.78, 5) is 2.18. The molecule has 0 aliphatic heterocycles. The monoisotopic (exact) mass is 594 g/mol. The zero-order valence-electron chi connectivity index (χ0n) is 24.1. The topological polar surface area (TPSA) is 24.5 Å². The lowest BCUT2D eigenvalue weighted by Gasteiger charge is -2.29. The Bertz CT molecular complexity index is 1340. The molecule has 0 aliphatic rings. The van der Waals surface area contributed by atoms with Gasteiger partial charge in [-0.1, -0.05) is 110 Å². The molecular weight excluding hydrogens is 557 g/mol. The largest absolute Gasteiger partial charge is 0.494 e. The van der Waals surface area contributed by atoms with E-state index in [0.29, 0.717) is 37.7 Å². The van der Waals surface area contributed by atoms with Crippen molar-refractivity contribution in [1.29, 1.82) is 0 Å². The normalized spacial score (nSPS) is 11.9. The van der Waals surface area contributed by atoms with Gasteiger partial charge in [-0.2, -0.15) is 13.2 Å². The van der Waals surface area contributed by atoms with Crippen molar-refractivity contribution in [2.45, 2.75) is 51.5 Å². The SMILES string of the molecule is CC(C)NCc1cccc(OCCCN(Cc2cccc(C(F)(F)F)c2Cl)CC(c2ccccc2)c2ccccc2)c1. The van der Waals surface area contributed by atoms with Crippen molar-refractivity contribution in [3.05, 3.63) is 136 Å². The van der Waals surface area contributed by atoms with Crippen LogP contribution < -0.4 is 10.1 Å². The van der Waals surface area contributed by atoms with Crippen molar-refractivity contribution in [3.8, 4) is 5.75 Å². The molecule has 0 unspecified atom stereocenters. The lowest BCUT2D eigenvalue weighted by Crippen LogP contribution is -2.31. The van der Waals surface area contributed by atoms with E-state index in [1.165, 1.54) is 6.07 Å². The van der Waals surface area contributed by atoms with Crippen LogP contribution in [0.5, 0.6) is 5.75 Å². The molecule has 4 aromatic carbocycles. The third kappa shape index (κ3) is 9.35. The third-order valence-corrected chi connectivity index (χ3v) is 7.57. The highest BCUT2D eigenvalue weighted by molar-refractivity contribution is 6.32. The zero-order valence-corrected chi connectivity index (χ0v) is 24.8. The fraction of sp³-hybridized carbons (Fsp3) is 0.314. The number of nitrogens with zero attached hydrogens (tertiary/aromatic N) is 1. The Morgan fingerprint density at radius 2 is 1.48 bits per heavy atom. The summed E-state index contributed by atoms with van der Waals surface area (Å²) in [5.41, 5.74) is 3.09. The second-order valence-electron chi connectivity index (χ2n) is 10.8. The van der Waals surface area contributed by atoms with E-state index in [0.717, 1.165) is 35.1 Å². The number of alkyl halides is 3. The molecule has 1 N–H and O–H groups in total. The van der Waals surface area contributed by atoms with E-state index in [-0.39, 0.29) is 17.5 Å². The van der Waals surface area contributed by atoms with Gasteiger partial charge in [-0.3, -0.25) is 4.90 Å². The van der Waals surface area contributed by atoms with Crippen LogP contribution in [-0.4, -0.2) is 30.6 Å². The molecule has 4 rings (SSSR count). The Balaban J connectivity index is 1.52. The standard InChI is InChI=1S/C35H38ClF3N2O/c1-26(2)40-23-27-12-9-18-31(22-27)42-21-11-20-41(24-30-17-10-19-33(34(30)36)35(37,38)39)25-32(28-13-5-3-6-14-28)29-15-7-4-8-16-29/h3-10,12-19,22,26,32,40H,11,20-21,23-25H2,1-2H3. The van der Waals surface area contributed by atoms with Gasteiger partial charge in [0, 0.05) is 38.1 Å². The highest BCUT2D eigenvalue weighted by Crippen LogP contribution is 2.37. The van der Waals surface area contributed by atoms with Gasteiger partial charge in [0.2, 0.25) is 0 Å². The molecule has 7 heteroatoms. The number of ether oxygens (including phenoxy) is 1. The minimum Gasteiger partial charge on any atom is -0.494 e. The van der Waals surface area contributed by atoms with Gasteiger partial charge in [-0.15, -0.1) is 0 Å². The molecule has 3 nitrogen and oxygen atoms in total. The van der Waals surface area contributed by atoms with E-state index in [1.807, 2.05) is 54.6 Å². The second-order valence-corrected chi connectivity index (χ2v) is 11.1. The van der Waals surface area contributed by atoms with Crippen LogP contribution in [0.4, 0.5) is 13.2 Å². The summed E-state index contributed by atoms with van der Waals surface area (Å²) in [7, 11) is 0. The first-order chi connectivity index (χ1) is 20.2. The Hall–Kier alpha value is -3.32. The Morgan fingerprint density at radius 3 is 2.10 bits per heavy atom. The Kier molecular flexibility index (Phi) is 11.5. The van der Waals surface area contributed by atoms with Crippen LogP contribution in [0.1, 0.15) is 54.0 Å². The third-order valence-electron chi connectivity index (χ3n) is 7.12.